The lowest BCUT2D eigenvalue weighted by molar-refractivity contribution is 0.586. The lowest BCUT2D eigenvalue weighted by atomic mass is 9.98. The Bertz CT molecular complexity index is 519. The molecule has 0 aromatic heterocycles. The van der Waals surface area contributed by atoms with Gasteiger partial charge in [0.25, 0.3) is 0 Å². The molecule has 1 unspecified atom stereocenters. The van der Waals surface area contributed by atoms with Gasteiger partial charge < -0.3 is 5.73 Å². The molecule has 0 fully saturated rings. The molecule has 2 heteroatoms. The maximum atomic E-state index is 13.5. The van der Waals surface area contributed by atoms with E-state index in [2.05, 4.69) is 31.2 Å². The Labute approximate surface area is 114 Å². The number of benzene rings is 2. The lowest BCUT2D eigenvalue weighted by Crippen LogP contribution is -2.11. The van der Waals surface area contributed by atoms with Crippen molar-refractivity contribution >= 4 is 0 Å². The zero-order valence-electron chi connectivity index (χ0n) is 11.3. The van der Waals surface area contributed by atoms with E-state index in [-0.39, 0.29) is 11.9 Å². The van der Waals surface area contributed by atoms with E-state index in [4.69, 9.17) is 5.73 Å². The fourth-order valence-electron chi connectivity index (χ4n) is 2.18. The van der Waals surface area contributed by atoms with Gasteiger partial charge in [-0.15, -0.1) is 0 Å². The van der Waals surface area contributed by atoms with Crippen LogP contribution < -0.4 is 5.73 Å². The third kappa shape index (κ3) is 3.65. The number of aryl methyl sites for hydroxylation is 2. The van der Waals surface area contributed by atoms with Gasteiger partial charge >= 0.3 is 0 Å². The van der Waals surface area contributed by atoms with Gasteiger partial charge in [0.1, 0.15) is 5.82 Å². The van der Waals surface area contributed by atoms with Crippen LogP contribution in [-0.2, 0) is 12.8 Å². The third-order valence-corrected chi connectivity index (χ3v) is 3.50. The van der Waals surface area contributed by atoms with Crippen LogP contribution in [0.1, 0.15) is 36.1 Å². The molecule has 2 N–H and O–H groups in total. The summed E-state index contributed by atoms with van der Waals surface area (Å²) in [5.74, 6) is -0.143. The normalized spacial score (nSPS) is 12.4. The highest BCUT2D eigenvalue weighted by Gasteiger charge is 2.08. The Balaban J connectivity index is 1.97. The van der Waals surface area contributed by atoms with Gasteiger partial charge in [0.15, 0.2) is 0 Å². The van der Waals surface area contributed by atoms with Gasteiger partial charge in [-0.2, -0.15) is 0 Å². The summed E-state index contributed by atoms with van der Waals surface area (Å²) in [5, 5.41) is 0. The van der Waals surface area contributed by atoms with E-state index in [9.17, 15) is 4.39 Å². The first-order chi connectivity index (χ1) is 9.20. The number of nitrogens with two attached hydrogens (primary N) is 1. The van der Waals surface area contributed by atoms with Gasteiger partial charge in [-0.25, -0.2) is 4.39 Å². The molecule has 1 nitrogen and oxygen atoms in total. The molecule has 0 radical (unpaired) electrons. The van der Waals surface area contributed by atoms with Gasteiger partial charge in [-0.3, -0.25) is 0 Å². The average molecular weight is 257 g/mol. The molecule has 0 heterocycles. The zero-order valence-corrected chi connectivity index (χ0v) is 11.3. The first kappa shape index (κ1) is 13.8. The molecule has 100 valence electrons. The molecular weight excluding hydrogens is 237 g/mol. The summed E-state index contributed by atoms with van der Waals surface area (Å²) >= 11 is 0. The maximum absolute atomic E-state index is 13.5. The summed E-state index contributed by atoms with van der Waals surface area (Å²) in [5.41, 5.74) is 9.33. The molecule has 0 aliphatic heterocycles. The molecule has 0 bridgehead atoms. The molecule has 2 aromatic rings. The standard InChI is InChI=1S/C17H20FN/c1-2-13-7-9-15(10-8-13)17(19)12-11-14-5-3-4-6-16(14)18/h3-10,17H,2,11-12,19H2,1H3. The highest BCUT2D eigenvalue weighted by molar-refractivity contribution is 5.25. The minimum Gasteiger partial charge on any atom is -0.324 e. The quantitative estimate of drug-likeness (QED) is 0.860. The Kier molecular flexibility index (Phi) is 4.69. The van der Waals surface area contributed by atoms with Crippen LogP contribution in [0.15, 0.2) is 48.5 Å². The van der Waals surface area contributed by atoms with Crippen LogP contribution in [0.4, 0.5) is 4.39 Å². The molecule has 2 rings (SSSR count). The highest BCUT2D eigenvalue weighted by Crippen LogP contribution is 2.18. The van der Waals surface area contributed by atoms with E-state index in [0.29, 0.717) is 6.42 Å². The summed E-state index contributed by atoms with van der Waals surface area (Å²) in [7, 11) is 0. The smallest absolute Gasteiger partial charge is 0.126 e. The van der Waals surface area contributed by atoms with E-state index in [1.165, 1.54) is 11.6 Å². The van der Waals surface area contributed by atoms with Crippen LogP contribution in [0.2, 0.25) is 0 Å². The number of halogens is 1. The lowest BCUT2D eigenvalue weighted by Gasteiger charge is -2.13. The number of hydrogen-bond acceptors (Lipinski definition) is 1. The van der Waals surface area contributed by atoms with Gasteiger partial charge in [-0.1, -0.05) is 49.4 Å². The largest absolute Gasteiger partial charge is 0.324 e. The topological polar surface area (TPSA) is 26.0 Å². The average Bonchev–Trinajstić information content (AvgIpc) is 2.46. The molecule has 0 aliphatic carbocycles. The summed E-state index contributed by atoms with van der Waals surface area (Å²) in [6, 6.07) is 15.2. The van der Waals surface area contributed by atoms with Gasteiger partial charge in [-0.05, 0) is 42.0 Å². The first-order valence-electron chi connectivity index (χ1n) is 6.78. The third-order valence-electron chi connectivity index (χ3n) is 3.50. The molecule has 0 spiro atoms. The van der Waals surface area contributed by atoms with Crippen molar-refractivity contribution < 1.29 is 4.39 Å². The van der Waals surface area contributed by atoms with Crippen LogP contribution in [-0.4, -0.2) is 0 Å². The van der Waals surface area contributed by atoms with E-state index in [1.54, 1.807) is 6.07 Å². The van der Waals surface area contributed by atoms with Gasteiger partial charge in [0.2, 0.25) is 0 Å². The summed E-state index contributed by atoms with van der Waals surface area (Å²) in [6.07, 6.45) is 2.46. The van der Waals surface area contributed by atoms with Gasteiger partial charge in [0.05, 0.1) is 0 Å². The van der Waals surface area contributed by atoms with Gasteiger partial charge in [0, 0.05) is 6.04 Å². The number of rotatable bonds is 5. The number of hydrogen-bond donors (Lipinski definition) is 1. The van der Waals surface area contributed by atoms with Crippen molar-refractivity contribution in [3.63, 3.8) is 0 Å². The monoisotopic (exact) mass is 257 g/mol. The second kappa shape index (κ2) is 6.48. The highest BCUT2D eigenvalue weighted by atomic mass is 19.1. The summed E-state index contributed by atoms with van der Waals surface area (Å²) in [6.45, 7) is 2.13. The summed E-state index contributed by atoms with van der Waals surface area (Å²) < 4.78 is 13.5. The Hall–Kier alpha value is -1.67. The van der Waals surface area contributed by atoms with Crippen molar-refractivity contribution in [1.82, 2.24) is 0 Å². The Morgan fingerprint density at radius 1 is 1.05 bits per heavy atom. The molecule has 1 atom stereocenters. The molecular formula is C17H20FN. The molecule has 0 amide bonds. The molecule has 0 saturated heterocycles. The van der Waals surface area contributed by atoms with Crippen molar-refractivity contribution in [2.45, 2.75) is 32.2 Å². The van der Waals surface area contributed by atoms with Crippen LogP contribution in [0.3, 0.4) is 0 Å². The zero-order chi connectivity index (χ0) is 13.7. The van der Waals surface area contributed by atoms with Crippen molar-refractivity contribution in [3.05, 3.63) is 71.0 Å². The maximum Gasteiger partial charge on any atom is 0.126 e. The fourth-order valence-corrected chi connectivity index (χ4v) is 2.18. The first-order valence-corrected chi connectivity index (χ1v) is 6.78. The van der Waals surface area contributed by atoms with Crippen molar-refractivity contribution in [2.24, 2.45) is 5.73 Å². The predicted octanol–water partition coefficient (Wildman–Crippen LogP) is 4.02. The van der Waals surface area contributed by atoms with Crippen LogP contribution in [0.5, 0.6) is 0 Å². The molecule has 2 aromatic carbocycles. The van der Waals surface area contributed by atoms with Crippen molar-refractivity contribution in [3.8, 4) is 0 Å². The van der Waals surface area contributed by atoms with Crippen LogP contribution >= 0.6 is 0 Å². The Morgan fingerprint density at radius 3 is 2.37 bits per heavy atom. The SMILES string of the molecule is CCc1ccc(C(N)CCc2ccccc2F)cc1. The predicted molar refractivity (Wildman–Crippen MR) is 77.5 cm³/mol. The van der Waals surface area contributed by atoms with E-state index < -0.39 is 0 Å². The van der Waals surface area contributed by atoms with Crippen molar-refractivity contribution in [2.75, 3.05) is 0 Å². The molecule has 0 aliphatic rings. The van der Waals surface area contributed by atoms with Crippen molar-refractivity contribution in [1.29, 1.82) is 0 Å². The molecule has 0 saturated carbocycles. The van der Waals surface area contributed by atoms with Crippen LogP contribution in [0.25, 0.3) is 0 Å². The Morgan fingerprint density at radius 2 is 1.74 bits per heavy atom. The fraction of sp³-hybridized carbons (Fsp3) is 0.294. The van der Waals surface area contributed by atoms with Crippen LogP contribution in [0, 0.1) is 5.82 Å². The minimum atomic E-state index is -0.143. The van der Waals surface area contributed by atoms with E-state index >= 15 is 0 Å². The van der Waals surface area contributed by atoms with E-state index in [0.717, 1.165) is 24.0 Å². The second-order valence-corrected chi connectivity index (χ2v) is 4.83. The summed E-state index contributed by atoms with van der Waals surface area (Å²) in [4.78, 5) is 0. The van der Waals surface area contributed by atoms with E-state index in [1.807, 2.05) is 12.1 Å². The second-order valence-electron chi connectivity index (χ2n) is 4.83. The molecule has 19 heavy (non-hydrogen) atoms. The minimum absolute atomic E-state index is 0.0366.